The standard InChI is InChI=1S/C13H7BrClFINO/c14-10-6-8(2-4-12(10)17)18-13(19)9-3-1-7(16)5-11(9)15/h1-6H,(H,18,19). The molecule has 0 aromatic heterocycles. The van der Waals surface area contributed by atoms with Crippen LogP contribution in [0.2, 0.25) is 5.02 Å². The maximum atomic E-state index is 12.9. The van der Waals surface area contributed by atoms with E-state index in [1.54, 1.807) is 12.1 Å². The third-order valence-corrected chi connectivity index (χ3v) is 5.00. The van der Waals surface area contributed by atoms with Crippen molar-refractivity contribution in [2.45, 2.75) is 0 Å². The molecule has 19 heavy (non-hydrogen) atoms. The highest BCUT2D eigenvalue weighted by atomic mass is 127. The number of rotatable bonds is 2. The van der Waals surface area contributed by atoms with Crippen LogP contribution in [0.15, 0.2) is 40.9 Å². The van der Waals surface area contributed by atoms with Gasteiger partial charge in [-0.2, -0.15) is 0 Å². The smallest absolute Gasteiger partial charge is 0.257 e. The lowest BCUT2D eigenvalue weighted by Gasteiger charge is -2.08. The number of benzene rings is 2. The monoisotopic (exact) mass is 453 g/mol. The Labute approximate surface area is 136 Å². The van der Waals surface area contributed by atoms with E-state index in [0.717, 1.165) is 14.1 Å². The molecule has 0 aliphatic rings. The van der Waals surface area contributed by atoms with E-state index in [2.05, 4.69) is 43.8 Å². The van der Waals surface area contributed by atoms with Gasteiger partial charge in [0, 0.05) is 13.7 Å². The summed E-state index contributed by atoms with van der Waals surface area (Å²) in [5.74, 6) is -0.850. The van der Waals surface area contributed by atoms with Crippen LogP contribution in [0, 0.1) is 9.39 Å². The average Bonchev–Trinajstić information content (AvgIpc) is 2.33. The quantitative estimate of drug-likeness (QED) is 0.629. The van der Waals surface area contributed by atoms with Gasteiger partial charge in [-0.3, -0.25) is 4.79 Å². The first-order chi connectivity index (χ1) is 8.97. The predicted molar refractivity (Wildman–Crippen MR) is 86.2 cm³/mol. The van der Waals surface area contributed by atoms with Crippen LogP contribution in [0.1, 0.15) is 10.4 Å². The van der Waals surface area contributed by atoms with Crippen molar-refractivity contribution >= 4 is 61.7 Å². The largest absolute Gasteiger partial charge is 0.322 e. The molecule has 0 bridgehead atoms. The van der Waals surface area contributed by atoms with Crippen LogP contribution in [0.3, 0.4) is 0 Å². The van der Waals surface area contributed by atoms with Gasteiger partial charge in [0.25, 0.3) is 5.91 Å². The maximum Gasteiger partial charge on any atom is 0.257 e. The number of halogens is 4. The molecule has 0 atom stereocenters. The van der Waals surface area contributed by atoms with Gasteiger partial charge >= 0.3 is 0 Å². The fourth-order valence-corrected chi connectivity index (χ4v) is 2.41. The summed E-state index contributed by atoms with van der Waals surface area (Å²) in [6.45, 7) is 0. The van der Waals surface area contributed by atoms with E-state index in [0.29, 0.717) is 5.69 Å². The highest BCUT2D eigenvalue weighted by Gasteiger charge is 2.11. The lowest BCUT2D eigenvalue weighted by molar-refractivity contribution is 0.102. The number of anilines is 1. The molecule has 0 radical (unpaired) electrons. The number of carbonyl (C=O) groups is 1. The minimum Gasteiger partial charge on any atom is -0.322 e. The van der Waals surface area contributed by atoms with E-state index in [9.17, 15) is 9.18 Å². The van der Waals surface area contributed by atoms with E-state index in [4.69, 9.17) is 11.6 Å². The summed E-state index contributed by atoms with van der Waals surface area (Å²) >= 11 is 11.4. The van der Waals surface area contributed by atoms with Gasteiger partial charge in [0.15, 0.2) is 0 Å². The second kappa shape index (κ2) is 6.19. The van der Waals surface area contributed by atoms with Gasteiger partial charge < -0.3 is 5.32 Å². The van der Waals surface area contributed by atoms with Crippen LogP contribution in [0.4, 0.5) is 10.1 Å². The van der Waals surface area contributed by atoms with Crippen LogP contribution in [0.25, 0.3) is 0 Å². The normalized spacial score (nSPS) is 10.3. The molecule has 6 heteroatoms. The second-order valence-corrected chi connectivity index (χ2v) is 6.13. The molecular weight excluding hydrogens is 447 g/mol. The number of hydrogen-bond donors (Lipinski definition) is 1. The molecule has 98 valence electrons. The molecule has 0 heterocycles. The maximum absolute atomic E-state index is 12.9. The summed E-state index contributed by atoms with van der Waals surface area (Å²) in [4.78, 5) is 12.0. The Bertz CT molecular complexity index is 651. The van der Waals surface area contributed by atoms with Gasteiger partial charge in [-0.1, -0.05) is 11.6 Å². The third kappa shape index (κ3) is 3.67. The summed E-state index contributed by atoms with van der Waals surface area (Å²) in [5, 5.41) is 2.79. The zero-order chi connectivity index (χ0) is 14.0. The molecule has 2 rings (SSSR count). The minimum atomic E-state index is -0.474. The highest BCUT2D eigenvalue weighted by Crippen LogP contribution is 2.24. The van der Waals surface area contributed by atoms with Crippen molar-refractivity contribution in [3.63, 3.8) is 0 Å². The van der Waals surface area contributed by atoms with Crippen LogP contribution in [0.5, 0.6) is 0 Å². The zero-order valence-corrected chi connectivity index (χ0v) is 13.9. The van der Waals surface area contributed by atoms with Crippen molar-refractivity contribution in [1.29, 1.82) is 0 Å². The van der Waals surface area contributed by atoms with Crippen LogP contribution in [-0.4, -0.2) is 5.91 Å². The number of nitrogens with one attached hydrogen (secondary N) is 1. The fraction of sp³-hybridized carbons (Fsp3) is 0. The van der Waals surface area contributed by atoms with Crippen molar-refractivity contribution in [1.82, 2.24) is 0 Å². The molecule has 0 saturated carbocycles. The van der Waals surface area contributed by atoms with Gasteiger partial charge in [0.05, 0.1) is 10.6 Å². The van der Waals surface area contributed by atoms with Gasteiger partial charge in [-0.25, -0.2) is 4.39 Å². The molecule has 2 aromatic rings. The topological polar surface area (TPSA) is 29.1 Å². The number of amides is 1. The van der Waals surface area contributed by atoms with Gasteiger partial charge in [0.2, 0.25) is 0 Å². The summed E-state index contributed by atoms with van der Waals surface area (Å²) in [6, 6.07) is 9.10. The Morgan fingerprint density at radius 2 is 2.00 bits per heavy atom. The minimum absolute atomic E-state index is 0.0853. The molecule has 1 amide bonds. The third-order valence-electron chi connectivity index (χ3n) is 2.35. The van der Waals surface area contributed by atoms with Crippen molar-refractivity contribution in [2.75, 3.05) is 5.32 Å². The predicted octanol–water partition coefficient (Wildman–Crippen LogP) is 5.10. The van der Waals surface area contributed by atoms with Crippen LogP contribution >= 0.6 is 50.1 Å². The Hall–Kier alpha value is -0.660. The lowest BCUT2D eigenvalue weighted by atomic mass is 10.2. The van der Waals surface area contributed by atoms with Crippen molar-refractivity contribution in [3.05, 3.63) is 60.8 Å². The van der Waals surface area contributed by atoms with E-state index >= 15 is 0 Å². The lowest BCUT2D eigenvalue weighted by Crippen LogP contribution is -2.12. The molecule has 1 N–H and O–H groups in total. The summed E-state index contributed by atoms with van der Waals surface area (Å²) < 4.78 is 14.8. The first-order valence-corrected chi connectivity index (χ1v) is 7.44. The number of hydrogen-bond acceptors (Lipinski definition) is 1. The highest BCUT2D eigenvalue weighted by molar-refractivity contribution is 14.1. The SMILES string of the molecule is O=C(Nc1ccc(I)c(Br)c1)c1ccc(F)cc1Cl. The molecular formula is C13H7BrClFINO. The Kier molecular flexibility index (Phi) is 4.81. The molecule has 0 aliphatic heterocycles. The first kappa shape index (κ1) is 14.7. The van der Waals surface area contributed by atoms with Crippen molar-refractivity contribution < 1.29 is 9.18 Å². The van der Waals surface area contributed by atoms with E-state index in [1.165, 1.54) is 12.1 Å². The summed E-state index contributed by atoms with van der Waals surface area (Å²) in [6.07, 6.45) is 0. The van der Waals surface area contributed by atoms with E-state index in [-0.39, 0.29) is 16.5 Å². The van der Waals surface area contributed by atoms with Crippen molar-refractivity contribution in [2.24, 2.45) is 0 Å². The molecule has 0 spiro atoms. The van der Waals surface area contributed by atoms with Gasteiger partial charge in [-0.05, 0) is 74.9 Å². The Morgan fingerprint density at radius 3 is 2.63 bits per heavy atom. The summed E-state index contributed by atoms with van der Waals surface area (Å²) in [7, 11) is 0. The van der Waals surface area contributed by atoms with Gasteiger partial charge in [-0.15, -0.1) is 0 Å². The summed E-state index contributed by atoms with van der Waals surface area (Å²) in [5.41, 5.74) is 0.871. The molecule has 0 unspecified atom stereocenters. The molecule has 2 nitrogen and oxygen atoms in total. The second-order valence-electron chi connectivity index (χ2n) is 3.71. The molecule has 0 aliphatic carbocycles. The Balaban J connectivity index is 2.23. The van der Waals surface area contributed by atoms with Crippen LogP contribution in [-0.2, 0) is 0 Å². The van der Waals surface area contributed by atoms with E-state index < -0.39 is 5.82 Å². The van der Waals surface area contributed by atoms with Gasteiger partial charge in [0.1, 0.15) is 5.82 Å². The Morgan fingerprint density at radius 1 is 1.26 bits per heavy atom. The molecule has 0 fully saturated rings. The van der Waals surface area contributed by atoms with Crippen LogP contribution < -0.4 is 5.32 Å². The zero-order valence-electron chi connectivity index (χ0n) is 9.38. The fourth-order valence-electron chi connectivity index (χ4n) is 1.45. The number of carbonyl (C=O) groups excluding carboxylic acids is 1. The first-order valence-electron chi connectivity index (χ1n) is 5.19. The average molecular weight is 454 g/mol. The van der Waals surface area contributed by atoms with Crippen molar-refractivity contribution in [3.8, 4) is 0 Å². The molecule has 0 saturated heterocycles. The van der Waals surface area contributed by atoms with E-state index in [1.807, 2.05) is 6.07 Å². The molecule has 2 aromatic carbocycles.